The summed E-state index contributed by atoms with van der Waals surface area (Å²) in [5.74, 6) is -1.95. The van der Waals surface area contributed by atoms with Gasteiger partial charge in [0.25, 0.3) is 0 Å². The van der Waals surface area contributed by atoms with Gasteiger partial charge in [-0.15, -0.1) is 0 Å². The molecule has 11 heteroatoms. The van der Waals surface area contributed by atoms with E-state index in [2.05, 4.69) is 5.32 Å². The molecule has 174 valence electrons. The molecule has 0 spiro atoms. The molecule has 0 aliphatic rings. The molecule has 1 aromatic carbocycles. The highest BCUT2D eigenvalue weighted by molar-refractivity contribution is 6.35. The fourth-order valence-corrected chi connectivity index (χ4v) is 2.53. The number of amides is 2. The van der Waals surface area contributed by atoms with Gasteiger partial charge in [-0.25, -0.2) is 14.4 Å². The third-order valence-corrected chi connectivity index (χ3v) is 4.10. The number of carboxylic acid groups (broad SMARTS) is 2. The fourth-order valence-electron chi connectivity index (χ4n) is 2.07. The Labute approximate surface area is 192 Å². The van der Waals surface area contributed by atoms with E-state index in [-0.39, 0.29) is 12.1 Å². The third kappa shape index (κ3) is 14.2. The molecule has 9 nitrogen and oxygen atoms in total. The minimum Gasteiger partial charge on any atom is -0.490 e. The van der Waals surface area contributed by atoms with E-state index in [1.54, 1.807) is 23.1 Å². The molecule has 1 rings (SSSR count). The molecule has 0 unspecified atom stereocenters. The summed E-state index contributed by atoms with van der Waals surface area (Å²) in [5.41, 5.74) is 0. The second-order valence-electron chi connectivity index (χ2n) is 6.76. The van der Waals surface area contributed by atoms with Crippen LogP contribution in [0.3, 0.4) is 0 Å². The summed E-state index contributed by atoms with van der Waals surface area (Å²) < 4.78 is 5.64. The van der Waals surface area contributed by atoms with Crippen LogP contribution in [0, 0.1) is 0 Å². The second kappa shape index (κ2) is 15.3. The molecule has 0 saturated heterocycles. The van der Waals surface area contributed by atoms with Crippen molar-refractivity contribution in [3.05, 3.63) is 40.4 Å². The van der Waals surface area contributed by atoms with E-state index in [9.17, 15) is 14.4 Å². The van der Waals surface area contributed by atoms with E-state index in [1.807, 2.05) is 32.8 Å². The molecule has 0 aliphatic carbocycles. The van der Waals surface area contributed by atoms with Crippen LogP contribution in [0.4, 0.5) is 4.79 Å². The maximum absolute atomic E-state index is 12.2. The second-order valence-corrected chi connectivity index (χ2v) is 7.60. The smallest absolute Gasteiger partial charge is 0.328 e. The van der Waals surface area contributed by atoms with Crippen molar-refractivity contribution in [3.63, 3.8) is 0 Å². The molecule has 2 amide bonds. The van der Waals surface area contributed by atoms with Gasteiger partial charge in [0, 0.05) is 36.3 Å². The van der Waals surface area contributed by atoms with Crippen LogP contribution in [0.2, 0.25) is 10.0 Å². The van der Waals surface area contributed by atoms with E-state index >= 15 is 0 Å². The van der Waals surface area contributed by atoms with Gasteiger partial charge in [-0.05, 0) is 46.1 Å². The number of nitrogens with one attached hydrogen (secondary N) is 1. The summed E-state index contributed by atoms with van der Waals surface area (Å²) in [6.45, 7) is 6.19. The average Bonchev–Trinajstić information content (AvgIpc) is 2.64. The van der Waals surface area contributed by atoms with E-state index in [0.717, 1.165) is 6.54 Å². The lowest BCUT2D eigenvalue weighted by atomic mass is 10.3. The minimum absolute atomic E-state index is 0.0821. The SMILES string of the molecule is CC(C)N(CCOc1ccc(Cl)cc1Cl)C(=O)NCCN(C)C.O=C(O)/C=C\C(=O)O. The number of aliphatic carboxylic acids is 2. The summed E-state index contributed by atoms with van der Waals surface area (Å²) in [7, 11) is 3.94. The zero-order valence-electron chi connectivity index (χ0n) is 18.0. The van der Waals surface area contributed by atoms with Crippen LogP contribution in [0.25, 0.3) is 0 Å². The summed E-state index contributed by atoms with van der Waals surface area (Å²) in [6, 6.07) is 5.07. The lowest BCUT2D eigenvalue weighted by Gasteiger charge is -2.27. The zero-order chi connectivity index (χ0) is 24.0. The van der Waals surface area contributed by atoms with Crippen molar-refractivity contribution in [1.82, 2.24) is 15.1 Å². The number of ether oxygens (including phenoxy) is 1. The molecule has 0 fully saturated rings. The van der Waals surface area contributed by atoms with E-state index < -0.39 is 11.9 Å². The number of nitrogens with zero attached hydrogens (tertiary/aromatic N) is 2. The first-order valence-corrected chi connectivity index (χ1v) is 10.1. The van der Waals surface area contributed by atoms with Crippen LogP contribution in [-0.4, -0.2) is 84.4 Å². The van der Waals surface area contributed by atoms with Gasteiger partial charge in [0.05, 0.1) is 11.6 Å². The van der Waals surface area contributed by atoms with Gasteiger partial charge in [-0.2, -0.15) is 0 Å². The van der Waals surface area contributed by atoms with Crippen LogP contribution in [-0.2, 0) is 9.59 Å². The highest BCUT2D eigenvalue weighted by atomic mass is 35.5. The number of urea groups is 1. The van der Waals surface area contributed by atoms with Gasteiger partial charge in [-0.3, -0.25) is 0 Å². The molecule has 0 aliphatic heterocycles. The molecule has 0 heterocycles. The summed E-state index contributed by atoms with van der Waals surface area (Å²) in [4.78, 5) is 35.1. The molecule has 0 saturated carbocycles. The maximum atomic E-state index is 12.2. The summed E-state index contributed by atoms with van der Waals surface area (Å²) in [5, 5.41) is 19.6. The number of likely N-dealkylation sites (N-methyl/N-ethyl adjacent to an activating group) is 1. The number of hydrogen-bond acceptors (Lipinski definition) is 5. The Balaban J connectivity index is 0.000000954. The minimum atomic E-state index is -1.26. The quantitative estimate of drug-likeness (QED) is 0.442. The largest absolute Gasteiger partial charge is 0.490 e. The number of hydrogen-bond donors (Lipinski definition) is 3. The van der Waals surface area contributed by atoms with E-state index in [1.165, 1.54) is 0 Å². The first-order valence-electron chi connectivity index (χ1n) is 9.35. The first kappa shape index (κ1) is 28.5. The topological polar surface area (TPSA) is 119 Å². The average molecular weight is 478 g/mol. The molecule has 0 aromatic heterocycles. The Morgan fingerprint density at radius 3 is 2.13 bits per heavy atom. The van der Waals surface area contributed by atoms with Gasteiger partial charge >= 0.3 is 18.0 Å². The molecule has 31 heavy (non-hydrogen) atoms. The van der Waals surface area contributed by atoms with Gasteiger partial charge < -0.3 is 30.1 Å². The van der Waals surface area contributed by atoms with Crippen molar-refractivity contribution < 1.29 is 29.3 Å². The number of carbonyl (C=O) groups is 3. The standard InChI is InChI=1S/C16H25Cl2N3O2.C4H4O4/c1-12(2)21(16(22)19-7-8-20(3)4)9-10-23-15-6-5-13(17)11-14(15)18;5-3(6)1-2-4(7)8/h5-6,11-12H,7-10H2,1-4H3,(H,19,22);1-2H,(H,5,6)(H,7,8)/b;2-1-. The van der Waals surface area contributed by atoms with Crippen molar-refractivity contribution in [2.24, 2.45) is 0 Å². The predicted octanol–water partition coefficient (Wildman–Crippen LogP) is 3.07. The Morgan fingerprint density at radius 2 is 1.68 bits per heavy atom. The predicted molar refractivity (Wildman–Crippen MR) is 120 cm³/mol. The number of carbonyl (C=O) groups excluding carboxylic acids is 1. The molecule has 1 aromatic rings. The summed E-state index contributed by atoms with van der Waals surface area (Å²) >= 11 is 11.9. The summed E-state index contributed by atoms with van der Waals surface area (Å²) in [6.07, 6.45) is 1.12. The highest BCUT2D eigenvalue weighted by Gasteiger charge is 2.16. The number of benzene rings is 1. The third-order valence-electron chi connectivity index (χ3n) is 3.57. The Bertz CT molecular complexity index is 740. The number of carboxylic acids is 2. The Morgan fingerprint density at radius 1 is 1.10 bits per heavy atom. The van der Waals surface area contributed by atoms with Crippen molar-refractivity contribution >= 4 is 41.2 Å². The van der Waals surface area contributed by atoms with Crippen LogP contribution in [0.1, 0.15) is 13.8 Å². The lowest BCUT2D eigenvalue weighted by Crippen LogP contribution is -2.47. The van der Waals surface area contributed by atoms with Crippen LogP contribution in [0.5, 0.6) is 5.75 Å². The van der Waals surface area contributed by atoms with Crippen molar-refractivity contribution in [2.45, 2.75) is 19.9 Å². The first-order chi connectivity index (χ1) is 14.4. The van der Waals surface area contributed by atoms with E-state index in [0.29, 0.717) is 47.6 Å². The van der Waals surface area contributed by atoms with Gasteiger partial charge in [0.1, 0.15) is 12.4 Å². The molecular formula is C20H29Cl2N3O6. The molecular weight excluding hydrogens is 449 g/mol. The van der Waals surface area contributed by atoms with Crippen molar-refractivity contribution in [3.8, 4) is 5.75 Å². The number of halogens is 2. The van der Waals surface area contributed by atoms with E-state index in [4.69, 9.17) is 38.2 Å². The van der Waals surface area contributed by atoms with Gasteiger partial charge in [-0.1, -0.05) is 23.2 Å². The number of rotatable bonds is 10. The van der Waals surface area contributed by atoms with Gasteiger partial charge in [0.15, 0.2) is 0 Å². The van der Waals surface area contributed by atoms with Crippen LogP contribution in [0.15, 0.2) is 30.4 Å². The van der Waals surface area contributed by atoms with Crippen molar-refractivity contribution in [2.75, 3.05) is 40.3 Å². The zero-order valence-corrected chi connectivity index (χ0v) is 19.5. The maximum Gasteiger partial charge on any atom is 0.328 e. The van der Waals surface area contributed by atoms with Crippen LogP contribution >= 0.6 is 23.2 Å². The highest BCUT2D eigenvalue weighted by Crippen LogP contribution is 2.27. The Kier molecular flexibility index (Phi) is 14.1. The van der Waals surface area contributed by atoms with Crippen LogP contribution < -0.4 is 10.1 Å². The molecule has 0 atom stereocenters. The fraction of sp³-hybridized carbons (Fsp3) is 0.450. The Hall–Kier alpha value is -2.49. The monoisotopic (exact) mass is 477 g/mol. The molecule has 0 bridgehead atoms. The molecule has 3 N–H and O–H groups in total. The van der Waals surface area contributed by atoms with Crippen molar-refractivity contribution in [1.29, 1.82) is 0 Å². The lowest BCUT2D eigenvalue weighted by molar-refractivity contribution is -0.134. The molecule has 0 radical (unpaired) electrons. The normalized spacial score (nSPS) is 10.6. The van der Waals surface area contributed by atoms with Gasteiger partial charge in [0.2, 0.25) is 0 Å².